The Morgan fingerprint density at radius 2 is 1.95 bits per heavy atom. The predicted molar refractivity (Wildman–Crippen MR) is 154 cm³/mol. The van der Waals surface area contributed by atoms with E-state index in [1.54, 1.807) is 6.33 Å². The summed E-state index contributed by atoms with van der Waals surface area (Å²) in [6.07, 6.45) is 13.9. The highest BCUT2D eigenvalue weighted by Gasteiger charge is 2.44. The molecule has 0 bridgehead atoms. The van der Waals surface area contributed by atoms with Crippen LogP contribution < -0.4 is 0 Å². The SMILES string of the molecule is CC(CC1(OCCCOS(C)(=O)=O)C=CC=CC1c1nc(C(=O)O)nc2ncn(Cc3ccc(Cl)cc3)c12)C1CC1. The van der Waals surface area contributed by atoms with Gasteiger partial charge in [0, 0.05) is 11.6 Å². The molecule has 2 aromatic heterocycles. The summed E-state index contributed by atoms with van der Waals surface area (Å²) < 4.78 is 36.3. The van der Waals surface area contributed by atoms with Crippen LogP contribution in [-0.4, -0.2) is 64.1 Å². The summed E-state index contributed by atoms with van der Waals surface area (Å²) in [5, 5.41) is 10.5. The molecule has 0 saturated heterocycles. The minimum absolute atomic E-state index is 0.00604. The van der Waals surface area contributed by atoms with E-state index in [0.717, 1.165) is 11.8 Å². The van der Waals surface area contributed by atoms with Crippen LogP contribution >= 0.6 is 11.6 Å². The highest BCUT2D eigenvalue weighted by Crippen LogP contribution is 2.47. The van der Waals surface area contributed by atoms with Crippen molar-refractivity contribution in [2.45, 2.75) is 50.7 Å². The molecule has 0 spiro atoms. The van der Waals surface area contributed by atoms with Gasteiger partial charge in [-0.25, -0.2) is 19.7 Å². The van der Waals surface area contributed by atoms with Gasteiger partial charge in [0.1, 0.15) is 5.52 Å². The lowest BCUT2D eigenvalue weighted by Gasteiger charge is -2.40. The van der Waals surface area contributed by atoms with Crippen molar-refractivity contribution in [3.05, 3.63) is 77.0 Å². The van der Waals surface area contributed by atoms with Gasteiger partial charge in [0.05, 0.1) is 43.0 Å². The highest BCUT2D eigenvalue weighted by atomic mass is 35.5. The van der Waals surface area contributed by atoms with Crippen LogP contribution in [0.4, 0.5) is 0 Å². The molecule has 2 heterocycles. The Labute approximate surface area is 244 Å². The Kier molecular flexibility index (Phi) is 8.60. The van der Waals surface area contributed by atoms with Crippen molar-refractivity contribution in [2.75, 3.05) is 19.5 Å². The first kappa shape index (κ1) is 29.4. The Morgan fingerprint density at radius 3 is 2.63 bits per heavy atom. The summed E-state index contributed by atoms with van der Waals surface area (Å²) in [6, 6.07) is 7.48. The number of rotatable bonds is 13. The second kappa shape index (κ2) is 12.0. The number of carboxylic acids is 1. The number of imidazole rings is 1. The van der Waals surface area contributed by atoms with Crippen molar-refractivity contribution in [1.29, 1.82) is 0 Å². The molecule has 3 atom stereocenters. The van der Waals surface area contributed by atoms with Gasteiger partial charge in [-0.1, -0.05) is 55.0 Å². The number of halogens is 1. The molecule has 0 radical (unpaired) electrons. The molecule has 2 aliphatic carbocycles. The maximum Gasteiger partial charge on any atom is 0.374 e. The third-order valence-electron chi connectivity index (χ3n) is 7.60. The molecule has 3 unspecified atom stereocenters. The number of fused-ring (bicyclic) bond motifs is 1. The van der Waals surface area contributed by atoms with Crippen LogP contribution in [0, 0.1) is 11.8 Å². The summed E-state index contributed by atoms with van der Waals surface area (Å²) in [4.78, 5) is 25.4. The lowest BCUT2D eigenvalue weighted by Crippen LogP contribution is -2.41. The van der Waals surface area contributed by atoms with Crippen molar-refractivity contribution in [3.63, 3.8) is 0 Å². The first-order chi connectivity index (χ1) is 19.5. The van der Waals surface area contributed by atoms with E-state index in [9.17, 15) is 18.3 Å². The molecular weight excluding hydrogens is 568 g/mol. The first-order valence-electron chi connectivity index (χ1n) is 13.6. The number of benzene rings is 1. The van der Waals surface area contributed by atoms with Crippen LogP contribution in [-0.2, 0) is 25.6 Å². The minimum Gasteiger partial charge on any atom is -0.475 e. The quantitative estimate of drug-likeness (QED) is 0.213. The predicted octanol–water partition coefficient (Wildman–Crippen LogP) is 4.99. The molecule has 218 valence electrons. The molecule has 12 heteroatoms. The van der Waals surface area contributed by atoms with Crippen LogP contribution in [0.5, 0.6) is 0 Å². The third kappa shape index (κ3) is 7.03. The number of carboxylic acid groups (broad SMARTS) is 1. The largest absolute Gasteiger partial charge is 0.475 e. The van der Waals surface area contributed by atoms with E-state index in [0.29, 0.717) is 47.5 Å². The molecule has 1 saturated carbocycles. The maximum absolute atomic E-state index is 12.1. The van der Waals surface area contributed by atoms with Gasteiger partial charge in [0.15, 0.2) is 5.65 Å². The van der Waals surface area contributed by atoms with Crippen LogP contribution in [0.15, 0.2) is 54.9 Å². The number of ether oxygens (including phenoxy) is 1. The molecule has 2 aliphatic rings. The van der Waals surface area contributed by atoms with Crippen LogP contribution in [0.25, 0.3) is 11.2 Å². The van der Waals surface area contributed by atoms with E-state index in [4.69, 9.17) is 20.5 Å². The standard InChI is InChI=1S/C29H33ClN4O6S/c1-19(21-9-10-21)16-29(39-14-5-15-40-41(2,37)38)13-4-3-6-23(29)24-25-26(33-27(32-24)28(35)36)31-18-34(25)17-20-7-11-22(30)12-8-20/h3-4,6-8,11-13,18-19,21,23H,5,9-10,14-17H2,1-2H3,(H,35,36). The Morgan fingerprint density at radius 1 is 1.20 bits per heavy atom. The number of aromatic nitrogens is 4. The first-order valence-corrected chi connectivity index (χ1v) is 15.8. The molecular formula is C29H33ClN4O6S. The fourth-order valence-corrected chi connectivity index (χ4v) is 6.01. The fraction of sp³-hybridized carbons (Fsp3) is 0.448. The number of aromatic carboxylic acids is 1. The molecule has 5 rings (SSSR count). The van der Waals surface area contributed by atoms with Gasteiger partial charge in [0.25, 0.3) is 10.1 Å². The normalized spacial score (nSPS) is 21.4. The summed E-state index contributed by atoms with van der Waals surface area (Å²) in [6.45, 7) is 2.91. The van der Waals surface area contributed by atoms with E-state index in [-0.39, 0.29) is 24.7 Å². The van der Waals surface area contributed by atoms with Gasteiger partial charge in [-0.15, -0.1) is 0 Å². The molecule has 0 aliphatic heterocycles. The average molecular weight is 601 g/mol. The lowest BCUT2D eigenvalue weighted by atomic mass is 9.74. The topological polar surface area (TPSA) is 134 Å². The van der Waals surface area contributed by atoms with Gasteiger partial charge in [-0.2, -0.15) is 8.42 Å². The Balaban J connectivity index is 1.56. The molecule has 1 fully saturated rings. The molecule has 3 aromatic rings. The van der Waals surface area contributed by atoms with Crippen LogP contribution in [0.1, 0.15) is 60.4 Å². The number of allylic oxidation sites excluding steroid dienone is 2. The van der Waals surface area contributed by atoms with Crippen molar-refractivity contribution < 1.29 is 27.2 Å². The zero-order valence-corrected chi connectivity index (χ0v) is 24.5. The summed E-state index contributed by atoms with van der Waals surface area (Å²) in [5.74, 6) is -1.09. The van der Waals surface area contributed by atoms with E-state index in [2.05, 4.69) is 21.9 Å². The zero-order chi connectivity index (χ0) is 29.2. The number of hydrogen-bond donors (Lipinski definition) is 1. The van der Waals surface area contributed by atoms with E-state index < -0.39 is 27.6 Å². The summed E-state index contributed by atoms with van der Waals surface area (Å²) >= 11 is 6.09. The number of hydrogen-bond acceptors (Lipinski definition) is 8. The average Bonchev–Trinajstić information content (AvgIpc) is 3.70. The maximum atomic E-state index is 12.1. The van der Waals surface area contributed by atoms with Gasteiger partial charge >= 0.3 is 5.97 Å². The molecule has 10 nitrogen and oxygen atoms in total. The second-order valence-corrected chi connectivity index (χ2v) is 12.9. The van der Waals surface area contributed by atoms with Crippen molar-refractivity contribution in [1.82, 2.24) is 19.5 Å². The third-order valence-corrected chi connectivity index (χ3v) is 8.44. The summed E-state index contributed by atoms with van der Waals surface area (Å²) in [5.41, 5.74) is 1.55. The monoisotopic (exact) mass is 600 g/mol. The Bertz CT molecular complexity index is 1580. The minimum atomic E-state index is -3.55. The van der Waals surface area contributed by atoms with Gasteiger partial charge in [-0.05, 0) is 55.2 Å². The highest BCUT2D eigenvalue weighted by molar-refractivity contribution is 7.85. The fourth-order valence-electron chi connectivity index (χ4n) is 5.47. The second-order valence-electron chi connectivity index (χ2n) is 10.8. The van der Waals surface area contributed by atoms with Crippen molar-refractivity contribution in [2.24, 2.45) is 11.8 Å². The number of carbonyl (C=O) groups is 1. The smallest absolute Gasteiger partial charge is 0.374 e. The van der Waals surface area contributed by atoms with E-state index >= 15 is 0 Å². The van der Waals surface area contributed by atoms with Crippen LogP contribution in [0.2, 0.25) is 5.02 Å². The Hall–Kier alpha value is -3.12. The van der Waals surface area contributed by atoms with Gasteiger partial charge < -0.3 is 14.4 Å². The van der Waals surface area contributed by atoms with Crippen molar-refractivity contribution >= 4 is 38.9 Å². The van der Waals surface area contributed by atoms with Gasteiger partial charge in [-0.3, -0.25) is 4.18 Å². The molecule has 1 N–H and O–H groups in total. The lowest BCUT2D eigenvalue weighted by molar-refractivity contribution is -0.0406. The molecule has 0 amide bonds. The van der Waals surface area contributed by atoms with Crippen molar-refractivity contribution in [3.8, 4) is 0 Å². The van der Waals surface area contributed by atoms with E-state index in [1.807, 2.05) is 53.1 Å². The zero-order valence-electron chi connectivity index (χ0n) is 22.9. The molecule has 1 aromatic carbocycles. The molecule has 41 heavy (non-hydrogen) atoms. The van der Waals surface area contributed by atoms with Gasteiger partial charge in [0.2, 0.25) is 5.82 Å². The van der Waals surface area contributed by atoms with Crippen LogP contribution in [0.3, 0.4) is 0 Å². The summed E-state index contributed by atoms with van der Waals surface area (Å²) in [7, 11) is -3.55. The van der Waals surface area contributed by atoms with E-state index in [1.165, 1.54) is 12.8 Å². The number of nitrogens with zero attached hydrogens (tertiary/aromatic N) is 4.